The molecular weight excluding hydrogens is 549 g/mol. The van der Waals surface area contributed by atoms with E-state index in [1.165, 1.54) is 23.1 Å². The summed E-state index contributed by atoms with van der Waals surface area (Å²) in [7, 11) is 1.58. The molecule has 1 aromatic heterocycles. The molecule has 0 radical (unpaired) electrons. The van der Waals surface area contributed by atoms with Crippen LogP contribution in [-0.2, 0) is 4.79 Å². The third-order valence-corrected chi connectivity index (χ3v) is 8.19. The van der Waals surface area contributed by atoms with E-state index in [-0.39, 0.29) is 17.1 Å². The van der Waals surface area contributed by atoms with Crippen LogP contribution in [0.25, 0.3) is 11.3 Å². The number of rotatable bonds is 9. The van der Waals surface area contributed by atoms with Gasteiger partial charge in [0.05, 0.1) is 28.1 Å². The van der Waals surface area contributed by atoms with Gasteiger partial charge in [0.25, 0.3) is 5.91 Å². The van der Waals surface area contributed by atoms with E-state index in [9.17, 15) is 9.59 Å². The summed E-state index contributed by atoms with van der Waals surface area (Å²) in [6, 6.07) is 19.6. The Labute approximate surface area is 233 Å². The Balaban J connectivity index is 1.39. The topological polar surface area (TPSA) is 80.3 Å². The standard InChI is InChI=1S/C27H23Cl2N3O3S2/c1-3-24(26(34)32-27-31-23(15-36-27)17-9-12-21(28)22(29)13-17)37-20-6-4-5-18(14-20)30-25(33)16-7-10-19(35-2)11-8-16/h4-15,24H,3H2,1-2H3,(H,30,33)(H,31,32,34). The second kappa shape index (κ2) is 12.5. The summed E-state index contributed by atoms with van der Waals surface area (Å²) >= 11 is 14.9. The molecule has 37 heavy (non-hydrogen) atoms. The van der Waals surface area contributed by atoms with Crippen molar-refractivity contribution in [3.05, 3.63) is 87.7 Å². The summed E-state index contributed by atoms with van der Waals surface area (Å²) in [5.41, 5.74) is 2.70. The second-order valence-corrected chi connectivity index (χ2v) is 10.8. The summed E-state index contributed by atoms with van der Waals surface area (Å²) in [5, 5.41) is 8.76. The van der Waals surface area contributed by atoms with Gasteiger partial charge in [-0.1, -0.05) is 42.3 Å². The third-order valence-electron chi connectivity index (χ3n) is 5.34. The van der Waals surface area contributed by atoms with Gasteiger partial charge in [-0.15, -0.1) is 23.1 Å². The molecule has 6 nitrogen and oxygen atoms in total. The summed E-state index contributed by atoms with van der Waals surface area (Å²) in [6.45, 7) is 1.95. The van der Waals surface area contributed by atoms with Gasteiger partial charge in [-0.3, -0.25) is 9.59 Å². The van der Waals surface area contributed by atoms with E-state index in [2.05, 4.69) is 15.6 Å². The van der Waals surface area contributed by atoms with E-state index < -0.39 is 0 Å². The molecule has 0 bridgehead atoms. The lowest BCUT2D eigenvalue weighted by Crippen LogP contribution is -2.24. The quantitative estimate of drug-likeness (QED) is 0.200. The van der Waals surface area contributed by atoms with Crippen LogP contribution in [-0.4, -0.2) is 29.2 Å². The van der Waals surface area contributed by atoms with Crippen molar-refractivity contribution >= 4 is 68.9 Å². The molecule has 0 saturated carbocycles. The molecule has 4 aromatic rings. The molecule has 10 heteroatoms. The van der Waals surface area contributed by atoms with E-state index in [1.807, 2.05) is 42.6 Å². The lowest BCUT2D eigenvalue weighted by atomic mass is 10.2. The molecule has 2 amide bonds. The third kappa shape index (κ3) is 7.05. The summed E-state index contributed by atoms with van der Waals surface area (Å²) in [4.78, 5) is 31.0. The first-order chi connectivity index (χ1) is 17.9. The number of amides is 2. The van der Waals surface area contributed by atoms with Crippen molar-refractivity contribution in [3.8, 4) is 17.0 Å². The van der Waals surface area contributed by atoms with E-state index in [0.29, 0.717) is 44.3 Å². The van der Waals surface area contributed by atoms with Crippen molar-refractivity contribution in [1.82, 2.24) is 4.98 Å². The Morgan fingerprint density at radius 1 is 1.03 bits per heavy atom. The maximum atomic E-state index is 13.0. The molecule has 0 aliphatic carbocycles. The Morgan fingerprint density at radius 2 is 1.81 bits per heavy atom. The molecule has 2 N–H and O–H groups in total. The molecule has 4 rings (SSSR count). The number of halogens is 2. The first-order valence-electron chi connectivity index (χ1n) is 11.3. The number of benzene rings is 3. The molecule has 0 saturated heterocycles. The highest BCUT2D eigenvalue weighted by Gasteiger charge is 2.20. The van der Waals surface area contributed by atoms with Gasteiger partial charge in [0.15, 0.2) is 5.13 Å². The number of nitrogens with one attached hydrogen (secondary N) is 2. The highest BCUT2D eigenvalue weighted by Crippen LogP contribution is 2.32. The van der Waals surface area contributed by atoms with Crippen LogP contribution < -0.4 is 15.4 Å². The van der Waals surface area contributed by atoms with Crippen molar-refractivity contribution in [2.75, 3.05) is 17.7 Å². The maximum absolute atomic E-state index is 13.0. The first-order valence-corrected chi connectivity index (χ1v) is 13.8. The van der Waals surface area contributed by atoms with Crippen molar-refractivity contribution in [2.24, 2.45) is 0 Å². The SMILES string of the molecule is CCC(Sc1cccc(NC(=O)c2ccc(OC)cc2)c1)C(=O)Nc1nc(-c2ccc(Cl)c(Cl)c2)cs1. The van der Waals surface area contributed by atoms with Crippen LogP contribution in [0.5, 0.6) is 5.75 Å². The normalized spacial score (nSPS) is 11.6. The molecule has 1 heterocycles. The average molecular weight is 573 g/mol. The number of ether oxygens (including phenoxy) is 1. The molecule has 190 valence electrons. The number of hydrogen-bond acceptors (Lipinski definition) is 6. The second-order valence-electron chi connectivity index (χ2n) is 7.88. The van der Waals surface area contributed by atoms with Crippen molar-refractivity contribution in [1.29, 1.82) is 0 Å². The predicted octanol–water partition coefficient (Wildman–Crippen LogP) is 7.89. The number of thioether (sulfide) groups is 1. The number of carbonyl (C=O) groups is 2. The van der Waals surface area contributed by atoms with Gasteiger partial charge in [-0.2, -0.15) is 0 Å². The van der Waals surface area contributed by atoms with Crippen molar-refractivity contribution < 1.29 is 14.3 Å². The molecule has 0 fully saturated rings. The molecule has 3 aromatic carbocycles. The average Bonchev–Trinajstić information content (AvgIpc) is 3.37. The fraction of sp³-hybridized carbons (Fsp3) is 0.148. The van der Waals surface area contributed by atoms with Gasteiger partial charge >= 0.3 is 0 Å². The number of nitrogens with zero attached hydrogens (tertiary/aromatic N) is 1. The number of anilines is 2. The largest absolute Gasteiger partial charge is 0.497 e. The van der Waals surface area contributed by atoms with Gasteiger partial charge in [0, 0.05) is 27.1 Å². The predicted molar refractivity (Wildman–Crippen MR) is 154 cm³/mol. The zero-order valence-electron chi connectivity index (χ0n) is 20.0. The van der Waals surface area contributed by atoms with Crippen LogP contribution in [0, 0.1) is 0 Å². The molecule has 0 spiro atoms. The fourth-order valence-corrected chi connectivity index (χ4v) is 5.42. The Kier molecular flexibility index (Phi) is 9.10. The molecule has 0 aliphatic heterocycles. The van der Waals surface area contributed by atoms with Crippen LogP contribution in [0.1, 0.15) is 23.7 Å². The van der Waals surface area contributed by atoms with E-state index >= 15 is 0 Å². The highest BCUT2D eigenvalue weighted by molar-refractivity contribution is 8.00. The number of methoxy groups -OCH3 is 1. The molecule has 1 atom stereocenters. The first kappa shape index (κ1) is 27.0. The van der Waals surface area contributed by atoms with E-state index in [4.69, 9.17) is 27.9 Å². The number of aromatic nitrogens is 1. The monoisotopic (exact) mass is 571 g/mol. The Hall–Kier alpha value is -3.04. The molecule has 1 unspecified atom stereocenters. The Morgan fingerprint density at radius 3 is 2.51 bits per heavy atom. The van der Waals surface area contributed by atoms with E-state index in [1.54, 1.807) is 43.5 Å². The lowest BCUT2D eigenvalue weighted by Gasteiger charge is -2.14. The van der Waals surface area contributed by atoms with Crippen LogP contribution >= 0.6 is 46.3 Å². The van der Waals surface area contributed by atoms with Gasteiger partial charge < -0.3 is 15.4 Å². The van der Waals surface area contributed by atoms with Crippen LogP contribution in [0.3, 0.4) is 0 Å². The van der Waals surface area contributed by atoms with Gasteiger partial charge in [-0.25, -0.2) is 4.98 Å². The van der Waals surface area contributed by atoms with Crippen LogP contribution in [0.15, 0.2) is 77.0 Å². The van der Waals surface area contributed by atoms with Crippen molar-refractivity contribution in [2.45, 2.75) is 23.5 Å². The zero-order valence-corrected chi connectivity index (χ0v) is 23.1. The van der Waals surface area contributed by atoms with Crippen LogP contribution in [0.4, 0.5) is 10.8 Å². The minimum atomic E-state index is -0.343. The fourth-order valence-electron chi connectivity index (χ4n) is 3.38. The molecular formula is C27H23Cl2N3O3S2. The minimum absolute atomic E-state index is 0.143. The number of hydrogen-bond donors (Lipinski definition) is 2. The van der Waals surface area contributed by atoms with Gasteiger partial charge in [0.2, 0.25) is 5.91 Å². The van der Waals surface area contributed by atoms with E-state index in [0.717, 1.165) is 10.5 Å². The van der Waals surface area contributed by atoms with Gasteiger partial charge in [0.1, 0.15) is 5.75 Å². The van der Waals surface area contributed by atoms with Gasteiger partial charge in [-0.05, 0) is 61.0 Å². The summed E-state index contributed by atoms with van der Waals surface area (Å²) < 4.78 is 5.14. The number of thiazole rings is 1. The summed E-state index contributed by atoms with van der Waals surface area (Å²) in [5.74, 6) is 0.313. The highest BCUT2D eigenvalue weighted by atomic mass is 35.5. The Bertz CT molecular complexity index is 1410. The zero-order chi connectivity index (χ0) is 26.4. The van der Waals surface area contributed by atoms with Crippen molar-refractivity contribution in [3.63, 3.8) is 0 Å². The minimum Gasteiger partial charge on any atom is -0.497 e. The smallest absolute Gasteiger partial charge is 0.255 e. The lowest BCUT2D eigenvalue weighted by molar-refractivity contribution is -0.115. The van der Waals surface area contributed by atoms with Crippen LogP contribution in [0.2, 0.25) is 10.0 Å². The summed E-state index contributed by atoms with van der Waals surface area (Å²) in [6.07, 6.45) is 0.615. The number of carbonyl (C=O) groups excluding carboxylic acids is 2. The maximum Gasteiger partial charge on any atom is 0.255 e. The molecule has 0 aliphatic rings.